The normalized spacial score (nSPS) is 16.0. The van der Waals surface area contributed by atoms with E-state index in [0.29, 0.717) is 6.04 Å². The van der Waals surface area contributed by atoms with Crippen LogP contribution in [0.2, 0.25) is 0 Å². The Hall–Kier alpha value is -3.32. The van der Waals surface area contributed by atoms with Crippen molar-refractivity contribution in [3.8, 4) is 28.5 Å². The van der Waals surface area contributed by atoms with Crippen molar-refractivity contribution in [1.82, 2.24) is 15.5 Å². The first-order chi connectivity index (χ1) is 15.7. The summed E-state index contributed by atoms with van der Waals surface area (Å²) in [6.45, 7) is 2.66. The Kier molecular flexibility index (Phi) is 7.07. The fourth-order valence-corrected chi connectivity index (χ4v) is 4.10. The van der Waals surface area contributed by atoms with Gasteiger partial charge in [-0.15, -0.1) is 10.2 Å². The lowest BCUT2D eigenvalue weighted by molar-refractivity contribution is 0.354. The fourth-order valence-electron chi connectivity index (χ4n) is 4.10. The van der Waals surface area contributed by atoms with E-state index in [1.54, 1.807) is 21.3 Å². The molecule has 32 heavy (non-hydrogen) atoms. The summed E-state index contributed by atoms with van der Waals surface area (Å²) in [7, 11) is 4.98. The number of benzene rings is 2. The van der Waals surface area contributed by atoms with E-state index in [0.717, 1.165) is 66.8 Å². The average molecular weight is 435 g/mol. The Morgan fingerprint density at radius 1 is 0.906 bits per heavy atom. The minimum absolute atomic E-state index is 0.382. The minimum atomic E-state index is 0.382. The summed E-state index contributed by atoms with van der Waals surface area (Å²) in [6.07, 6.45) is 2.25. The Balaban J connectivity index is 1.39. The van der Waals surface area contributed by atoms with Crippen molar-refractivity contribution >= 4 is 5.82 Å². The van der Waals surface area contributed by atoms with Gasteiger partial charge in [0.2, 0.25) is 0 Å². The lowest BCUT2D eigenvalue weighted by Crippen LogP contribution is -2.45. The maximum Gasteiger partial charge on any atom is 0.161 e. The SMILES string of the molecule is COc1ccc(CNC2CCCN(c3ccc(-c4ccccc4OC)nn3)C2)cc1OC. The largest absolute Gasteiger partial charge is 0.496 e. The van der Waals surface area contributed by atoms with Gasteiger partial charge < -0.3 is 24.4 Å². The highest BCUT2D eigenvalue weighted by atomic mass is 16.5. The highest BCUT2D eigenvalue weighted by molar-refractivity contribution is 5.67. The molecule has 7 nitrogen and oxygen atoms in total. The molecule has 0 amide bonds. The number of piperidine rings is 1. The van der Waals surface area contributed by atoms with Crippen LogP contribution >= 0.6 is 0 Å². The van der Waals surface area contributed by atoms with Gasteiger partial charge in [0.25, 0.3) is 0 Å². The van der Waals surface area contributed by atoms with Gasteiger partial charge in [-0.2, -0.15) is 0 Å². The van der Waals surface area contributed by atoms with E-state index < -0.39 is 0 Å². The summed E-state index contributed by atoms with van der Waals surface area (Å²) in [5.41, 5.74) is 2.93. The molecule has 1 N–H and O–H groups in total. The van der Waals surface area contributed by atoms with E-state index >= 15 is 0 Å². The molecule has 1 aliphatic heterocycles. The molecule has 1 aliphatic rings. The molecular formula is C25H30N4O3. The number of methoxy groups -OCH3 is 3. The Labute approximate surface area is 189 Å². The zero-order valence-corrected chi connectivity index (χ0v) is 18.9. The molecule has 1 unspecified atom stereocenters. The van der Waals surface area contributed by atoms with Gasteiger partial charge in [-0.25, -0.2) is 0 Å². The molecule has 0 bridgehead atoms. The predicted octanol–water partition coefficient (Wildman–Crippen LogP) is 3.93. The quantitative estimate of drug-likeness (QED) is 0.576. The lowest BCUT2D eigenvalue weighted by atomic mass is 10.0. The van der Waals surface area contributed by atoms with Crippen LogP contribution in [0.4, 0.5) is 5.82 Å². The molecule has 1 aromatic heterocycles. The van der Waals surface area contributed by atoms with Crippen molar-refractivity contribution in [2.75, 3.05) is 39.3 Å². The molecule has 1 atom stereocenters. The van der Waals surface area contributed by atoms with Crippen LogP contribution in [-0.2, 0) is 6.54 Å². The molecule has 168 valence electrons. The minimum Gasteiger partial charge on any atom is -0.496 e. The number of hydrogen-bond donors (Lipinski definition) is 1. The highest BCUT2D eigenvalue weighted by Gasteiger charge is 2.21. The van der Waals surface area contributed by atoms with Crippen LogP contribution in [0.25, 0.3) is 11.3 Å². The third-order valence-electron chi connectivity index (χ3n) is 5.82. The van der Waals surface area contributed by atoms with Crippen molar-refractivity contribution < 1.29 is 14.2 Å². The van der Waals surface area contributed by atoms with Crippen molar-refractivity contribution in [1.29, 1.82) is 0 Å². The van der Waals surface area contributed by atoms with E-state index in [9.17, 15) is 0 Å². The number of anilines is 1. The maximum absolute atomic E-state index is 5.45. The van der Waals surface area contributed by atoms with E-state index in [1.165, 1.54) is 5.56 Å². The Morgan fingerprint density at radius 2 is 1.72 bits per heavy atom. The van der Waals surface area contributed by atoms with Crippen molar-refractivity contribution in [3.05, 3.63) is 60.2 Å². The molecule has 0 radical (unpaired) electrons. The van der Waals surface area contributed by atoms with E-state index in [-0.39, 0.29) is 0 Å². The smallest absolute Gasteiger partial charge is 0.161 e. The van der Waals surface area contributed by atoms with Gasteiger partial charge in [0, 0.05) is 31.2 Å². The monoisotopic (exact) mass is 434 g/mol. The molecule has 1 fully saturated rings. The lowest BCUT2D eigenvalue weighted by Gasteiger charge is -2.34. The first-order valence-electron chi connectivity index (χ1n) is 10.9. The van der Waals surface area contributed by atoms with E-state index in [4.69, 9.17) is 14.2 Å². The van der Waals surface area contributed by atoms with Gasteiger partial charge in [-0.1, -0.05) is 18.2 Å². The zero-order valence-electron chi connectivity index (χ0n) is 18.9. The molecule has 0 spiro atoms. The summed E-state index contributed by atoms with van der Waals surface area (Å²) in [6, 6.07) is 18.3. The van der Waals surface area contributed by atoms with Gasteiger partial charge in [-0.05, 0) is 54.8 Å². The fraction of sp³-hybridized carbons (Fsp3) is 0.360. The number of rotatable bonds is 8. The molecule has 4 rings (SSSR count). The van der Waals surface area contributed by atoms with Crippen LogP contribution in [0.1, 0.15) is 18.4 Å². The summed E-state index contributed by atoms with van der Waals surface area (Å²) >= 11 is 0. The molecule has 2 aromatic carbocycles. The topological polar surface area (TPSA) is 68.7 Å². The maximum atomic E-state index is 5.45. The Bertz CT molecular complexity index is 1030. The van der Waals surface area contributed by atoms with E-state index in [2.05, 4.69) is 26.5 Å². The van der Waals surface area contributed by atoms with Gasteiger partial charge >= 0.3 is 0 Å². The van der Waals surface area contributed by atoms with Crippen LogP contribution in [0, 0.1) is 0 Å². The standard InChI is InChI=1S/C25H30N4O3/c1-30-22-9-5-4-8-20(22)21-11-13-25(28-27-21)29-14-6-7-19(17-29)26-16-18-10-12-23(31-2)24(15-18)32-3/h4-5,8-13,15,19,26H,6-7,14,16-17H2,1-3H3. The molecule has 7 heteroatoms. The molecular weight excluding hydrogens is 404 g/mol. The predicted molar refractivity (Wildman–Crippen MR) is 126 cm³/mol. The first-order valence-corrected chi connectivity index (χ1v) is 10.9. The summed E-state index contributed by atoms with van der Waals surface area (Å²) < 4.78 is 16.2. The number of hydrogen-bond acceptors (Lipinski definition) is 7. The number of nitrogens with one attached hydrogen (secondary N) is 1. The number of ether oxygens (including phenoxy) is 3. The highest BCUT2D eigenvalue weighted by Crippen LogP contribution is 2.29. The van der Waals surface area contributed by atoms with Gasteiger partial charge in [0.05, 0.1) is 27.0 Å². The van der Waals surface area contributed by atoms with Gasteiger partial charge in [-0.3, -0.25) is 0 Å². The second-order valence-electron chi connectivity index (χ2n) is 7.83. The third kappa shape index (κ3) is 4.94. The van der Waals surface area contributed by atoms with Crippen LogP contribution in [0.3, 0.4) is 0 Å². The van der Waals surface area contributed by atoms with Gasteiger partial charge in [0.15, 0.2) is 17.3 Å². The molecule has 0 saturated carbocycles. The summed E-state index contributed by atoms with van der Waals surface area (Å²) in [5, 5.41) is 12.7. The molecule has 0 aliphatic carbocycles. The van der Waals surface area contributed by atoms with Crippen molar-refractivity contribution in [2.45, 2.75) is 25.4 Å². The third-order valence-corrected chi connectivity index (χ3v) is 5.82. The first kappa shape index (κ1) is 21.9. The number of nitrogens with zero attached hydrogens (tertiary/aromatic N) is 3. The van der Waals surface area contributed by atoms with Crippen LogP contribution in [0.5, 0.6) is 17.2 Å². The summed E-state index contributed by atoms with van der Waals surface area (Å²) in [5.74, 6) is 3.20. The Morgan fingerprint density at radius 3 is 2.47 bits per heavy atom. The molecule has 2 heterocycles. The summed E-state index contributed by atoms with van der Waals surface area (Å²) in [4.78, 5) is 2.30. The van der Waals surface area contributed by atoms with Crippen molar-refractivity contribution in [3.63, 3.8) is 0 Å². The second-order valence-corrected chi connectivity index (χ2v) is 7.83. The number of para-hydroxylation sites is 1. The zero-order chi connectivity index (χ0) is 22.3. The second kappa shape index (κ2) is 10.3. The van der Waals surface area contributed by atoms with Crippen LogP contribution < -0.4 is 24.4 Å². The molecule has 3 aromatic rings. The van der Waals surface area contributed by atoms with Crippen LogP contribution in [0.15, 0.2) is 54.6 Å². The van der Waals surface area contributed by atoms with Crippen LogP contribution in [-0.4, -0.2) is 50.7 Å². The van der Waals surface area contributed by atoms with Crippen molar-refractivity contribution in [2.24, 2.45) is 0 Å². The molecule has 1 saturated heterocycles. The van der Waals surface area contributed by atoms with E-state index in [1.807, 2.05) is 48.5 Å². The van der Waals surface area contributed by atoms with Gasteiger partial charge in [0.1, 0.15) is 5.75 Å². The average Bonchev–Trinajstić information content (AvgIpc) is 2.87. The number of aromatic nitrogens is 2.